The number of rotatable bonds is 7. The number of nitrogens with zero attached hydrogens (tertiary/aromatic N) is 2. The van der Waals surface area contributed by atoms with Crippen molar-refractivity contribution < 1.29 is 28.7 Å². The predicted octanol–water partition coefficient (Wildman–Crippen LogP) is 5.65. The van der Waals surface area contributed by atoms with Crippen LogP contribution in [0.4, 0.5) is 5.69 Å². The van der Waals surface area contributed by atoms with Gasteiger partial charge in [-0.1, -0.05) is 49.4 Å². The van der Waals surface area contributed by atoms with Crippen LogP contribution in [0.5, 0.6) is 5.75 Å². The maximum absolute atomic E-state index is 13.2. The van der Waals surface area contributed by atoms with E-state index in [0.29, 0.717) is 45.6 Å². The number of ether oxygens (including phenoxy) is 2. The lowest BCUT2D eigenvalue weighted by atomic mass is 9.78. The second kappa shape index (κ2) is 11.0. The van der Waals surface area contributed by atoms with Crippen LogP contribution in [-0.2, 0) is 14.3 Å². The molecular weight excluding hydrogens is 532 g/mol. The van der Waals surface area contributed by atoms with E-state index in [1.165, 1.54) is 4.90 Å². The number of aromatic nitrogens is 1. The van der Waals surface area contributed by atoms with Crippen molar-refractivity contribution in [2.75, 3.05) is 18.6 Å². The summed E-state index contributed by atoms with van der Waals surface area (Å²) < 4.78 is 10.6. The number of para-hydroxylation sites is 1. The molecular formula is C34H28N2O6. The molecule has 4 aromatic rings. The Bertz CT molecular complexity index is 1740. The standard InChI is InChI=1S/C34H28N2O6/c1-20-6-5-8-26-31(20)33(39)36(32(26)38)23-14-10-21(11-15-23)29-18-27(25-7-3-4-9-28(25)35-29)34(40)42-19-30(37)22-12-16-24(41-2)17-13-22/h3-7,9-18,20,26,31H,8,19H2,1-2H3. The molecule has 3 unspecified atom stereocenters. The average molecular weight is 561 g/mol. The van der Waals surface area contributed by atoms with E-state index < -0.39 is 12.6 Å². The number of methoxy groups -OCH3 is 1. The number of carbonyl (C=O) groups is 4. The minimum atomic E-state index is -0.646. The van der Waals surface area contributed by atoms with Gasteiger partial charge in [-0.2, -0.15) is 0 Å². The minimum Gasteiger partial charge on any atom is -0.497 e. The van der Waals surface area contributed by atoms with Crippen molar-refractivity contribution in [1.29, 1.82) is 0 Å². The Morgan fingerprint density at radius 1 is 0.952 bits per heavy atom. The number of imide groups is 1. The van der Waals surface area contributed by atoms with Gasteiger partial charge in [0.2, 0.25) is 11.8 Å². The predicted molar refractivity (Wildman–Crippen MR) is 157 cm³/mol. The molecule has 8 heteroatoms. The van der Waals surface area contributed by atoms with Gasteiger partial charge in [0.25, 0.3) is 0 Å². The summed E-state index contributed by atoms with van der Waals surface area (Å²) in [6.07, 6.45) is 4.55. The molecule has 3 atom stereocenters. The second-order valence-corrected chi connectivity index (χ2v) is 10.5. The Morgan fingerprint density at radius 3 is 2.40 bits per heavy atom. The Kier molecular flexibility index (Phi) is 7.12. The molecule has 1 fully saturated rings. The third-order valence-corrected chi connectivity index (χ3v) is 7.98. The number of hydrogen-bond donors (Lipinski definition) is 0. The number of benzene rings is 3. The number of anilines is 1. The number of esters is 1. The summed E-state index contributed by atoms with van der Waals surface area (Å²) in [5.74, 6) is -1.37. The molecule has 2 heterocycles. The summed E-state index contributed by atoms with van der Waals surface area (Å²) in [6, 6.07) is 22.4. The lowest BCUT2D eigenvalue weighted by molar-refractivity contribution is -0.122. The van der Waals surface area contributed by atoms with Gasteiger partial charge in [-0.15, -0.1) is 0 Å². The fraction of sp³-hybridized carbons (Fsp3) is 0.206. The highest BCUT2D eigenvalue weighted by atomic mass is 16.5. The number of Topliss-reactive ketones (excluding diaryl/α,β-unsaturated/α-hetero) is 1. The van der Waals surface area contributed by atoms with Crippen LogP contribution in [0.15, 0.2) is 91.0 Å². The number of carbonyl (C=O) groups excluding carboxylic acids is 4. The van der Waals surface area contributed by atoms with Gasteiger partial charge < -0.3 is 9.47 Å². The Morgan fingerprint density at radius 2 is 1.69 bits per heavy atom. The topological polar surface area (TPSA) is 103 Å². The molecule has 1 aromatic heterocycles. The van der Waals surface area contributed by atoms with E-state index in [0.717, 1.165) is 0 Å². The fourth-order valence-corrected chi connectivity index (χ4v) is 5.74. The lowest BCUT2D eigenvalue weighted by Crippen LogP contribution is -2.31. The van der Waals surface area contributed by atoms with E-state index >= 15 is 0 Å². The Balaban J connectivity index is 1.25. The van der Waals surface area contributed by atoms with Gasteiger partial charge in [-0.05, 0) is 60.9 Å². The molecule has 1 aliphatic carbocycles. The average Bonchev–Trinajstić information content (AvgIpc) is 3.29. The molecule has 0 spiro atoms. The van der Waals surface area contributed by atoms with Crippen molar-refractivity contribution in [1.82, 2.24) is 4.98 Å². The van der Waals surface area contributed by atoms with Gasteiger partial charge in [-0.3, -0.25) is 19.3 Å². The molecule has 8 nitrogen and oxygen atoms in total. The van der Waals surface area contributed by atoms with Gasteiger partial charge in [0.05, 0.1) is 41.4 Å². The fourth-order valence-electron chi connectivity index (χ4n) is 5.74. The van der Waals surface area contributed by atoms with Crippen LogP contribution < -0.4 is 9.64 Å². The molecule has 1 aliphatic heterocycles. The highest BCUT2D eigenvalue weighted by Gasteiger charge is 2.50. The molecule has 0 radical (unpaired) electrons. The maximum atomic E-state index is 13.2. The number of allylic oxidation sites excluding steroid dienone is 2. The van der Waals surface area contributed by atoms with Gasteiger partial charge in [0.15, 0.2) is 12.4 Å². The molecule has 0 N–H and O–H groups in total. The number of ketones is 1. The molecule has 6 rings (SSSR count). The summed E-state index contributed by atoms with van der Waals surface area (Å²) in [5.41, 5.74) is 2.98. The zero-order chi connectivity index (χ0) is 29.4. The Labute approximate surface area is 242 Å². The first-order valence-corrected chi connectivity index (χ1v) is 13.7. The van der Waals surface area contributed by atoms with Crippen molar-refractivity contribution >= 4 is 40.2 Å². The largest absolute Gasteiger partial charge is 0.497 e. The first-order chi connectivity index (χ1) is 20.4. The first-order valence-electron chi connectivity index (χ1n) is 13.7. The summed E-state index contributed by atoms with van der Waals surface area (Å²) in [5, 5.41) is 0.596. The number of hydrogen-bond acceptors (Lipinski definition) is 7. The number of pyridine rings is 1. The third-order valence-electron chi connectivity index (χ3n) is 7.98. The van der Waals surface area contributed by atoms with E-state index in [-0.39, 0.29) is 40.9 Å². The highest BCUT2D eigenvalue weighted by molar-refractivity contribution is 6.22. The van der Waals surface area contributed by atoms with Gasteiger partial charge in [-0.25, -0.2) is 9.78 Å². The summed E-state index contributed by atoms with van der Waals surface area (Å²) in [7, 11) is 1.54. The van der Waals surface area contributed by atoms with E-state index in [9.17, 15) is 19.2 Å². The van der Waals surface area contributed by atoms with Crippen molar-refractivity contribution in [2.45, 2.75) is 13.3 Å². The molecule has 2 amide bonds. The van der Waals surface area contributed by atoms with Gasteiger partial charge >= 0.3 is 5.97 Å². The van der Waals surface area contributed by atoms with E-state index in [1.54, 1.807) is 79.9 Å². The van der Waals surface area contributed by atoms with Crippen LogP contribution >= 0.6 is 0 Å². The molecule has 3 aromatic carbocycles. The third kappa shape index (κ3) is 4.85. The summed E-state index contributed by atoms with van der Waals surface area (Å²) in [4.78, 5) is 58.2. The summed E-state index contributed by atoms with van der Waals surface area (Å²) in [6.45, 7) is 1.55. The summed E-state index contributed by atoms with van der Waals surface area (Å²) >= 11 is 0. The Hall–Kier alpha value is -5.11. The second-order valence-electron chi connectivity index (χ2n) is 10.5. The van der Waals surface area contributed by atoms with Crippen LogP contribution in [0.1, 0.15) is 34.1 Å². The van der Waals surface area contributed by atoms with Gasteiger partial charge in [0.1, 0.15) is 5.75 Å². The van der Waals surface area contributed by atoms with Crippen LogP contribution in [-0.4, -0.2) is 42.3 Å². The molecule has 0 bridgehead atoms. The molecule has 42 heavy (non-hydrogen) atoms. The maximum Gasteiger partial charge on any atom is 0.339 e. The van der Waals surface area contributed by atoms with Crippen molar-refractivity contribution in [3.63, 3.8) is 0 Å². The number of amides is 2. The lowest BCUT2D eigenvalue weighted by Gasteiger charge is -2.22. The van der Waals surface area contributed by atoms with Crippen molar-refractivity contribution in [3.05, 3.63) is 102 Å². The first kappa shape index (κ1) is 27.1. The molecule has 2 aliphatic rings. The van der Waals surface area contributed by atoms with E-state index in [4.69, 9.17) is 14.5 Å². The van der Waals surface area contributed by atoms with Crippen molar-refractivity contribution in [2.24, 2.45) is 17.8 Å². The zero-order valence-electron chi connectivity index (χ0n) is 23.2. The van der Waals surface area contributed by atoms with E-state index in [2.05, 4.69) is 0 Å². The van der Waals surface area contributed by atoms with E-state index in [1.807, 2.05) is 25.1 Å². The van der Waals surface area contributed by atoms with Crippen LogP contribution in [0.25, 0.3) is 22.2 Å². The molecule has 1 saturated heterocycles. The number of fused-ring (bicyclic) bond motifs is 2. The SMILES string of the molecule is COc1ccc(C(=O)COC(=O)c2cc(-c3ccc(N4C(=O)C5CC=CC(C)C5C4=O)cc3)nc3ccccc23)cc1. The zero-order valence-corrected chi connectivity index (χ0v) is 23.2. The molecule has 0 saturated carbocycles. The molecule has 210 valence electrons. The van der Waals surface area contributed by atoms with Gasteiger partial charge in [0, 0.05) is 16.5 Å². The van der Waals surface area contributed by atoms with Crippen molar-refractivity contribution in [3.8, 4) is 17.0 Å². The van der Waals surface area contributed by atoms with Crippen LogP contribution in [0.3, 0.4) is 0 Å². The van der Waals surface area contributed by atoms with Crippen LogP contribution in [0.2, 0.25) is 0 Å². The monoisotopic (exact) mass is 560 g/mol. The minimum absolute atomic E-state index is 0.0101. The smallest absolute Gasteiger partial charge is 0.339 e. The quantitative estimate of drug-likeness (QED) is 0.125. The normalized spacial score (nSPS) is 19.6. The highest BCUT2D eigenvalue weighted by Crippen LogP contribution is 2.40. The van der Waals surface area contributed by atoms with Crippen LogP contribution in [0, 0.1) is 17.8 Å².